The highest BCUT2D eigenvalue weighted by molar-refractivity contribution is 9.10. The molecule has 2 nitrogen and oxygen atoms in total. The standard InChI is InChI=1S/C16H23BrFNO/c1-3-16(2,19-8-4-5-9-19)15(20)11-12-10-13(18)6-7-14(12)17/h6-7,10,15,20H,3-5,8-9,11H2,1-2H3. The third kappa shape index (κ3) is 3.23. The molecule has 0 amide bonds. The number of likely N-dealkylation sites (tertiary alicyclic amines) is 1. The largest absolute Gasteiger partial charge is 0.391 e. The molecule has 0 saturated carbocycles. The van der Waals surface area contributed by atoms with Crippen molar-refractivity contribution in [2.75, 3.05) is 13.1 Å². The van der Waals surface area contributed by atoms with Crippen LogP contribution < -0.4 is 0 Å². The molecule has 0 radical (unpaired) electrons. The van der Waals surface area contributed by atoms with Crippen LogP contribution in [0.2, 0.25) is 0 Å². The molecule has 112 valence electrons. The van der Waals surface area contributed by atoms with Gasteiger partial charge in [0.1, 0.15) is 5.82 Å². The summed E-state index contributed by atoms with van der Waals surface area (Å²) in [5.41, 5.74) is 0.596. The average Bonchev–Trinajstić information content (AvgIpc) is 2.96. The Morgan fingerprint density at radius 3 is 2.65 bits per heavy atom. The third-order valence-corrected chi connectivity index (χ3v) is 5.46. The maximum Gasteiger partial charge on any atom is 0.123 e. The van der Waals surface area contributed by atoms with Crippen molar-refractivity contribution < 1.29 is 9.50 Å². The van der Waals surface area contributed by atoms with Gasteiger partial charge in [0.05, 0.1) is 6.10 Å². The molecule has 1 aliphatic heterocycles. The maximum absolute atomic E-state index is 13.4. The molecular formula is C16H23BrFNO. The summed E-state index contributed by atoms with van der Waals surface area (Å²) in [7, 11) is 0. The van der Waals surface area contributed by atoms with Crippen LogP contribution in [0.15, 0.2) is 22.7 Å². The van der Waals surface area contributed by atoms with Gasteiger partial charge in [-0.05, 0) is 63.0 Å². The first-order chi connectivity index (χ1) is 9.47. The lowest BCUT2D eigenvalue weighted by Crippen LogP contribution is -2.53. The first kappa shape index (κ1) is 15.9. The third-order valence-electron chi connectivity index (χ3n) is 4.68. The van der Waals surface area contributed by atoms with E-state index in [9.17, 15) is 9.50 Å². The van der Waals surface area contributed by atoms with Crippen molar-refractivity contribution in [3.63, 3.8) is 0 Å². The fraction of sp³-hybridized carbons (Fsp3) is 0.625. The molecule has 2 unspecified atom stereocenters. The summed E-state index contributed by atoms with van der Waals surface area (Å²) < 4.78 is 14.2. The van der Waals surface area contributed by atoms with E-state index in [0.717, 1.165) is 29.5 Å². The Hall–Kier alpha value is -0.450. The molecule has 1 aliphatic rings. The quantitative estimate of drug-likeness (QED) is 0.879. The normalized spacial score (nSPS) is 20.9. The van der Waals surface area contributed by atoms with Gasteiger partial charge in [-0.15, -0.1) is 0 Å². The van der Waals surface area contributed by atoms with Crippen molar-refractivity contribution >= 4 is 15.9 Å². The molecule has 0 spiro atoms. The Kier molecular flexibility index (Phi) is 5.21. The minimum absolute atomic E-state index is 0.234. The second-order valence-electron chi connectivity index (χ2n) is 5.86. The van der Waals surface area contributed by atoms with Crippen molar-refractivity contribution in [2.24, 2.45) is 0 Å². The highest BCUT2D eigenvalue weighted by Crippen LogP contribution is 2.31. The molecule has 1 heterocycles. The van der Waals surface area contributed by atoms with E-state index >= 15 is 0 Å². The zero-order chi connectivity index (χ0) is 14.8. The van der Waals surface area contributed by atoms with Gasteiger partial charge in [0, 0.05) is 16.4 Å². The van der Waals surface area contributed by atoms with Crippen LogP contribution in [0.3, 0.4) is 0 Å². The van der Waals surface area contributed by atoms with Crippen LogP contribution in [0.25, 0.3) is 0 Å². The van der Waals surface area contributed by atoms with Crippen LogP contribution in [-0.2, 0) is 6.42 Å². The van der Waals surface area contributed by atoms with E-state index in [1.54, 1.807) is 6.07 Å². The Labute approximate surface area is 129 Å². The molecule has 2 rings (SSSR count). The number of rotatable bonds is 5. The second kappa shape index (κ2) is 6.54. The lowest BCUT2D eigenvalue weighted by Gasteiger charge is -2.42. The van der Waals surface area contributed by atoms with Crippen LogP contribution in [0.1, 0.15) is 38.7 Å². The topological polar surface area (TPSA) is 23.5 Å². The summed E-state index contributed by atoms with van der Waals surface area (Å²) in [6.07, 6.45) is 3.27. The van der Waals surface area contributed by atoms with Crippen molar-refractivity contribution in [1.82, 2.24) is 4.90 Å². The lowest BCUT2D eigenvalue weighted by atomic mass is 9.86. The minimum Gasteiger partial charge on any atom is -0.391 e. The van der Waals surface area contributed by atoms with Gasteiger partial charge < -0.3 is 5.11 Å². The van der Waals surface area contributed by atoms with Gasteiger partial charge in [0.25, 0.3) is 0 Å². The van der Waals surface area contributed by atoms with E-state index < -0.39 is 6.10 Å². The zero-order valence-corrected chi connectivity index (χ0v) is 13.8. The molecule has 1 aromatic carbocycles. The van der Waals surface area contributed by atoms with Crippen molar-refractivity contribution in [3.8, 4) is 0 Å². The van der Waals surface area contributed by atoms with Crippen LogP contribution in [0.5, 0.6) is 0 Å². The fourth-order valence-electron chi connectivity index (χ4n) is 3.03. The maximum atomic E-state index is 13.4. The molecule has 0 aromatic heterocycles. The Bertz CT molecular complexity index is 462. The molecule has 1 aromatic rings. The van der Waals surface area contributed by atoms with E-state index in [0.29, 0.717) is 6.42 Å². The van der Waals surface area contributed by atoms with Crippen molar-refractivity contribution in [3.05, 3.63) is 34.1 Å². The molecule has 1 saturated heterocycles. The summed E-state index contributed by atoms with van der Waals surface area (Å²) >= 11 is 3.44. The monoisotopic (exact) mass is 343 g/mol. The van der Waals surface area contributed by atoms with Gasteiger partial charge in [-0.3, -0.25) is 4.90 Å². The molecule has 1 N–H and O–H groups in total. The molecule has 0 bridgehead atoms. The van der Waals surface area contributed by atoms with Gasteiger partial charge >= 0.3 is 0 Å². The van der Waals surface area contributed by atoms with E-state index in [1.165, 1.54) is 25.0 Å². The van der Waals surface area contributed by atoms with E-state index in [2.05, 4.69) is 34.7 Å². The first-order valence-corrected chi connectivity index (χ1v) is 8.13. The second-order valence-corrected chi connectivity index (χ2v) is 6.71. The molecule has 20 heavy (non-hydrogen) atoms. The fourth-order valence-corrected chi connectivity index (χ4v) is 3.43. The summed E-state index contributed by atoms with van der Waals surface area (Å²) in [6, 6.07) is 4.64. The van der Waals surface area contributed by atoms with E-state index in [4.69, 9.17) is 0 Å². The van der Waals surface area contributed by atoms with Crippen LogP contribution in [0.4, 0.5) is 4.39 Å². The molecule has 4 heteroatoms. The number of halogens is 2. The highest BCUT2D eigenvalue weighted by atomic mass is 79.9. The van der Waals surface area contributed by atoms with Crippen molar-refractivity contribution in [2.45, 2.75) is 51.2 Å². The summed E-state index contributed by atoms with van der Waals surface area (Å²) in [4.78, 5) is 2.38. The lowest BCUT2D eigenvalue weighted by molar-refractivity contribution is -0.0118. The van der Waals surface area contributed by atoms with Crippen molar-refractivity contribution in [1.29, 1.82) is 0 Å². The van der Waals surface area contributed by atoms with E-state index in [1.807, 2.05) is 0 Å². The van der Waals surface area contributed by atoms with Gasteiger partial charge in [-0.1, -0.05) is 22.9 Å². The Morgan fingerprint density at radius 2 is 2.05 bits per heavy atom. The summed E-state index contributed by atoms with van der Waals surface area (Å²) in [6.45, 7) is 6.33. The van der Waals surface area contributed by atoms with Gasteiger partial charge in [-0.25, -0.2) is 4.39 Å². The van der Waals surface area contributed by atoms with E-state index in [-0.39, 0.29) is 11.4 Å². The average molecular weight is 344 g/mol. The molecule has 0 aliphatic carbocycles. The first-order valence-electron chi connectivity index (χ1n) is 7.34. The van der Waals surface area contributed by atoms with Crippen LogP contribution >= 0.6 is 15.9 Å². The predicted octanol–water partition coefficient (Wildman–Crippen LogP) is 3.76. The smallest absolute Gasteiger partial charge is 0.123 e. The molecular weight excluding hydrogens is 321 g/mol. The summed E-state index contributed by atoms with van der Waals surface area (Å²) in [5.74, 6) is -0.255. The number of aliphatic hydroxyl groups is 1. The SMILES string of the molecule is CCC(C)(C(O)Cc1cc(F)ccc1Br)N1CCCC1. The molecule has 2 atom stereocenters. The number of hydrogen-bond acceptors (Lipinski definition) is 2. The zero-order valence-electron chi connectivity index (χ0n) is 12.2. The highest BCUT2D eigenvalue weighted by Gasteiger charge is 2.38. The predicted molar refractivity (Wildman–Crippen MR) is 83.3 cm³/mol. The molecule has 1 fully saturated rings. The number of nitrogens with zero attached hydrogens (tertiary/aromatic N) is 1. The number of hydrogen-bond donors (Lipinski definition) is 1. The van der Waals surface area contributed by atoms with Crippen LogP contribution in [0, 0.1) is 5.82 Å². The van der Waals surface area contributed by atoms with Gasteiger partial charge in [0.2, 0.25) is 0 Å². The Balaban J connectivity index is 2.16. The van der Waals surface area contributed by atoms with Gasteiger partial charge in [0.15, 0.2) is 0 Å². The minimum atomic E-state index is -0.497. The number of aliphatic hydroxyl groups excluding tert-OH is 1. The van der Waals surface area contributed by atoms with Gasteiger partial charge in [-0.2, -0.15) is 0 Å². The summed E-state index contributed by atoms with van der Waals surface area (Å²) in [5, 5.41) is 10.7. The number of benzene rings is 1. The van der Waals surface area contributed by atoms with Crippen LogP contribution in [-0.4, -0.2) is 34.7 Å². The Morgan fingerprint density at radius 1 is 1.40 bits per heavy atom.